The van der Waals surface area contributed by atoms with Crippen LogP contribution in [0.3, 0.4) is 0 Å². The predicted molar refractivity (Wildman–Crippen MR) is 99.3 cm³/mol. The molecule has 2 unspecified atom stereocenters. The highest BCUT2D eigenvalue weighted by molar-refractivity contribution is 5.82. The number of hydrogen-bond donors (Lipinski definition) is 4. The summed E-state index contributed by atoms with van der Waals surface area (Å²) in [5.41, 5.74) is 10.5. The van der Waals surface area contributed by atoms with E-state index in [2.05, 4.69) is 10.6 Å². The zero-order valence-electron chi connectivity index (χ0n) is 16.4. The van der Waals surface area contributed by atoms with E-state index in [1.54, 1.807) is 0 Å². The molecule has 2 atom stereocenters. The molecule has 2 amide bonds. The van der Waals surface area contributed by atoms with Crippen LogP contribution in [0.4, 0.5) is 0 Å². The van der Waals surface area contributed by atoms with Gasteiger partial charge in [-0.05, 0) is 38.8 Å². The van der Waals surface area contributed by atoms with Gasteiger partial charge in [0.2, 0.25) is 11.8 Å². The summed E-state index contributed by atoms with van der Waals surface area (Å²) in [6, 6.07) is 0.0436. The molecule has 6 N–H and O–H groups in total. The van der Waals surface area contributed by atoms with Gasteiger partial charge in [-0.25, -0.2) is 0 Å². The zero-order chi connectivity index (χ0) is 19.0. The Kier molecular flexibility index (Phi) is 9.51. The van der Waals surface area contributed by atoms with Crippen molar-refractivity contribution in [3.63, 3.8) is 0 Å². The Labute approximate surface area is 147 Å². The molecule has 0 radical (unpaired) electrons. The molecule has 0 aromatic carbocycles. The molecular formula is C18H38N4O2. The van der Waals surface area contributed by atoms with Gasteiger partial charge in [-0.3, -0.25) is 9.59 Å². The average Bonchev–Trinajstić information content (AvgIpc) is 2.42. The summed E-state index contributed by atoms with van der Waals surface area (Å²) in [4.78, 5) is 24.4. The van der Waals surface area contributed by atoms with Crippen LogP contribution in [0.15, 0.2) is 0 Å². The summed E-state index contributed by atoms with van der Waals surface area (Å²) < 4.78 is 0. The Morgan fingerprint density at radius 1 is 0.708 bits per heavy atom. The molecule has 0 aliphatic heterocycles. The van der Waals surface area contributed by atoms with Crippen molar-refractivity contribution in [2.24, 2.45) is 22.3 Å². The third-order valence-electron chi connectivity index (χ3n) is 3.93. The summed E-state index contributed by atoms with van der Waals surface area (Å²) in [5.74, 6) is 0.0464. The van der Waals surface area contributed by atoms with Crippen LogP contribution in [0.25, 0.3) is 0 Å². The molecule has 6 nitrogen and oxygen atoms in total. The maximum atomic E-state index is 12.2. The molecule has 0 heterocycles. The van der Waals surface area contributed by atoms with E-state index < -0.39 is 10.8 Å². The second kappa shape index (κ2) is 9.99. The highest BCUT2D eigenvalue weighted by atomic mass is 16.2. The van der Waals surface area contributed by atoms with Gasteiger partial charge in [0.1, 0.15) is 0 Å². The van der Waals surface area contributed by atoms with Crippen LogP contribution in [-0.2, 0) is 9.59 Å². The maximum absolute atomic E-state index is 12.2. The standard InChI is InChI=1S/C18H38N4O2/c1-17(2,3)15(23)21-13(9-11-19)7-8-14(10-12-20)22-16(24)18(4,5)6/h13-14H,7-12,19-20H2,1-6H3,(H,21,23)(H,22,24). The molecule has 0 rings (SSSR count). The molecule has 0 fully saturated rings. The minimum Gasteiger partial charge on any atom is -0.353 e. The van der Waals surface area contributed by atoms with Crippen molar-refractivity contribution in [3.8, 4) is 0 Å². The molecule has 6 heteroatoms. The quantitative estimate of drug-likeness (QED) is 0.509. The normalized spacial score (nSPS) is 14.8. The third-order valence-corrected chi connectivity index (χ3v) is 3.93. The van der Waals surface area contributed by atoms with Crippen molar-refractivity contribution in [3.05, 3.63) is 0 Å². The van der Waals surface area contributed by atoms with Gasteiger partial charge in [-0.15, -0.1) is 0 Å². The number of rotatable bonds is 9. The predicted octanol–water partition coefficient (Wildman–Crippen LogP) is 1.53. The molecular weight excluding hydrogens is 304 g/mol. The van der Waals surface area contributed by atoms with Crippen molar-refractivity contribution in [1.82, 2.24) is 10.6 Å². The van der Waals surface area contributed by atoms with Gasteiger partial charge in [0, 0.05) is 22.9 Å². The molecule has 0 aromatic rings. The van der Waals surface area contributed by atoms with Crippen molar-refractivity contribution in [2.45, 2.75) is 79.3 Å². The largest absolute Gasteiger partial charge is 0.353 e. The average molecular weight is 343 g/mol. The lowest BCUT2D eigenvalue weighted by molar-refractivity contribution is -0.130. The highest BCUT2D eigenvalue weighted by Crippen LogP contribution is 2.17. The Morgan fingerprint density at radius 2 is 1.00 bits per heavy atom. The number of hydrogen-bond acceptors (Lipinski definition) is 4. The first kappa shape index (κ1) is 22.9. The first-order valence-corrected chi connectivity index (χ1v) is 8.94. The van der Waals surface area contributed by atoms with E-state index in [1.165, 1.54) is 0 Å². The van der Waals surface area contributed by atoms with Crippen LogP contribution in [0.2, 0.25) is 0 Å². The second-order valence-electron chi connectivity index (χ2n) is 8.57. The van der Waals surface area contributed by atoms with Gasteiger partial charge in [0.05, 0.1) is 0 Å². The fourth-order valence-electron chi connectivity index (χ4n) is 2.19. The second-order valence-corrected chi connectivity index (χ2v) is 8.57. The van der Waals surface area contributed by atoms with Crippen molar-refractivity contribution < 1.29 is 9.59 Å². The van der Waals surface area contributed by atoms with Crippen molar-refractivity contribution in [2.75, 3.05) is 13.1 Å². The molecule has 24 heavy (non-hydrogen) atoms. The Hall–Kier alpha value is -1.14. The van der Waals surface area contributed by atoms with Crippen LogP contribution < -0.4 is 22.1 Å². The van der Waals surface area contributed by atoms with Gasteiger partial charge < -0.3 is 22.1 Å². The molecule has 142 valence electrons. The van der Waals surface area contributed by atoms with Crippen LogP contribution in [-0.4, -0.2) is 37.0 Å². The third kappa shape index (κ3) is 9.23. The van der Waals surface area contributed by atoms with E-state index in [4.69, 9.17) is 11.5 Å². The van der Waals surface area contributed by atoms with E-state index in [0.717, 1.165) is 25.7 Å². The summed E-state index contributed by atoms with van der Waals surface area (Å²) >= 11 is 0. The SMILES string of the molecule is CC(C)(C)C(=O)NC(CCN)CCC(CCN)NC(=O)C(C)(C)C. The van der Waals surface area contributed by atoms with Gasteiger partial charge >= 0.3 is 0 Å². The maximum Gasteiger partial charge on any atom is 0.225 e. The van der Waals surface area contributed by atoms with Gasteiger partial charge in [0.15, 0.2) is 0 Å². The smallest absolute Gasteiger partial charge is 0.225 e. The zero-order valence-corrected chi connectivity index (χ0v) is 16.4. The summed E-state index contributed by atoms with van der Waals surface area (Å²) in [7, 11) is 0. The monoisotopic (exact) mass is 342 g/mol. The molecule has 0 aliphatic carbocycles. The molecule has 0 bridgehead atoms. The van der Waals surface area contributed by atoms with Crippen LogP contribution in [0.5, 0.6) is 0 Å². The number of nitrogens with two attached hydrogens (primary N) is 2. The lowest BCUT2D eigenvalue weighted by Crippen LogP contribution is -2.45. The van der Waals surface area contributed by atoms with Crippen LogP contribution in [0, 0.1) is 10.8 Å². The van der Waals surface area contributed by atoms with Crippen LogP contribution in [0.1, 0.15) is 67.2 Å². The van der Waals surface area contributed by atoms with Gasteiger partial charge in [0.25, 0.3) is 0 Å². The molecule has 0 aromatic heterocycles. The van der Waals surface area contributed by atoms with Crippen LogP contribution >= 0.6 is 0 Å². The summed E-state index contributed by atoms with van der Waals surface area (Å²) in [6.45, 7) is 12.4. The minimum atomic E-state index is -0.427. The van der Waals surface area contributed by atoms with E-state index in [-0.39, 0.29) is 23.9 Å². The molecule has 0 saturated carbocycles. The first-order chi connectivity index (χ1) is 10.9. The van der Waals surface area contributed by atoms with Crippen molar-refractivity contribution in [1.29, 1.82) is 0 Å². The number of amides is 2. The first-order valence-electron chi connectivity index (χ1n) is 8.94. The Morgan fingerprint density at radius 3 is 1.21 bits per heavy atom. The lowest BCUT2D eigenvalue weighted by Gasteiger charge is -2.27. The van der Waals surface area contributed by atoms with E-state index >= 15 is 0 Å². The Balaban J connectivity index is 4.70. The van der Waals surface area contributed by atoms with E-state index in [9.17, 15) is 9.59 Å². The number of nitrogens with one attached hydrogen (secondary N) is 2. The summed E-state index contributed by atoms with van der Waals surface area (Å²) in [5, 5.41) is 6.15. The van der Waals surface area contributed by atoms with Gasteiger partial charge in [-0.1, -0.05) is 41.5 Å². The number of carbonyl (C=O) groups is 2. The van der Waals surface area contributed by atoms with Gasteiger partial charge in [-0.2, -0.15) is 0 Å². The fraction of sp³-hybridized carbons (Fsp3) is 0.889. The lowest BCUT2D eigenvalue weighted by atomic mass is 9.93. The highest BCUT2D eigenvalue weighted by Gasteiger charge is 2.26. The number of carbonyl (C=O) groups excluding carboxylic acids is 2. The molecule has 0 spiro atoms. The Bertz CT molecular complexity index is 359. The minimum absolute atomic E-state index is 0.0218. The fourth-order valence-corrected chi connectivity index (χ4v) is 2.19. The van der Waals surface area contributed by atoms with E-state index in [0.29, 0.717) is 13.1 Å². The summed E-state index contributed by atoms with van der Waals surface area (Å²) in [6.07, 6.45) is 3.00. The topological polar surface area (TPSA) is 110 Å². The molecule has 0 saturated heterocycles. The molecule has 0 aliphatic rings. The van der Waals surface area contributed by atoms with Crippen molar-refractivity contribution >= 4 is 11.8 Å². The van der Waals surface area contributed by atoms with E-state index in [1.807, 2.05) is 41.5 Å².